The normalized spacial score (nSPS) is 20.2. The van der Waals surface area contributed by atoms with Crippen molar-refractivity contribution < 1.29 is 46.1 Å². The summed E-state index contributed by atoms with van der Waals surface area (Å²) >= 11 is 0. The Kier molecular flexibility index (Phi) is 8.71. The first-order chi connectivity index (χ1) is 16.8. The van der Waals surface area contributed by atoms with Gasteiger partial charge in [0.15, 0.2) is 17.9 Å². The molecule has 2 aliphatic rings. The van der Waals surface area contributed by atoms with E-state index in [0.29, 0.717) is 13.2 Å². The molecule has 1 heterocycles. The summed E-state index contributed by atoms with van der Waals surface area (Å²) in [6, 6.07) is 1.83. The van der Waals surface area contributed by atoms with Crippen LogP contribution in [-0.2, 0) is 19.0 Å². The van der Waals surface area contributed by atoms with Gasteiger partial charge in [-0.3, -0.25) is 4.79 Å². The SMILES string of the molecule is CC(C)(C)OC(=O)N[C@@H](CC1(COC2CCCCO2)CC1)C(=O)Nc1cccc(OC(F)(F)F)c1F. The third-order valence-corrected chi connectivity index (χ3v) is 5.76. The number of alkyl halides is 3. The number of halogens is 4. The van der Waals surface area contributed by atoms with Crippen molar-refractivity contribution in [3.8, 4) is 5.75 Å². The molecule has 1 aromatic rings. The highest BCUT2D eigenvalue weighted by atomic mass is 19.4. The molecule has 1 unspecified atom stereocenters. The molecule has 1 saturated heterocycles. The number of benzene rings is 1. The number of nitrogens with one attached hydrogen (secondary N) is 2. The Bertz CT molecular complexity index is 924. The first kappa shape index (κ1) is 28.0. The Labute approximate surface area is 207 Å². The van der Waals surface area contributed by atoms with Crippen LogP contribution in [0.5, 0.6) is 5.75 Å². The molecule has 8 nitrogen and oxygen atoms in total. The van der Waals surface area contributed by atoms with E-state index >= 15 is 0 Å². The van der Waals surface area contributed by atoms with E-state index in [4.69, 9.17) is 14.2 Å². The number of alkyl carbamates (subject to hydrolysis) is 1. The van der Waals surface area contributed by atoms with Crippen LogP contribution in [0.1, 0.15) is 59.3 Å². The van der Waals surface area contributed by atoms with Gasteiger partial charge in [-0.15, -0.1) is 13.2 Å². The summed E-state index contributed by atoms with van der Waals surface area (Å²) in [5.41, 5.74) is -1.76. The fourth-order valence-corrected chi connectivity index (χ4v) is 3.82. The van der Waals surface area contributed by atoms with E-state index in [-0.39, 0.29) is 12.7 Å². The molecule has 2 N–H and O–H groups in total. The minimum absolute atomic E-state index is 0.158. The second kappa shape index (κ2) is 11.2. The molecule has 2 fully saturated rings. The standard InChI is InChI=1S/C24H32F4N2O6/c1-22(2,3)36-21(32)30-16(13-23(10-11-23)14-34-18-9-4-5-12-33-18)20(31)29-15-7-6-8-17(19(15)25)35-24(26,27)28/h6-8,16,18H,4-5,9-14H2,1-3H3,(H,29,31)(H,30,32)/t16-,18?/m0/s1. The first-order valence-electron chi connectivity index (χ1n) is 11.8. The topological polar surface area (TPSA) is 95.1 Å². The second-order valence-corrected chi connectivity index (χ2v) is 10.2. The van der Waals surface area contributed by atoms with Crippen LogP contribution in [-0.4, -0.2) is 49.5 Å². The number of rotatable bonds is 9. The second-order valence-electron chi connectivity index (χ2n) is 10.2. The average molecular weight is 521 g/mol. The van der Waals surface area contributed by atoms with Crippen molar-refractivity contribution in [1.82, 2.24) is 5.32 Å². The van der Waals surface area contributed by atoms with E-state index in [0.717, 1.165) is 50.3 Å². The fraction of sp³-hybridized carbons (Fsp3) is 0.667. The zero-order valence-corrected chi connectivity index (χ0v) is 20.5. The minimum atomic E-state index is -5.11. The van der Waals surface area contributed by atoms with Gasteiger partial charge >= 0.3 is 12.5 Å². The summed E-state index contributed by atoms with van der Waals surface area (Å²) in [6.45, 7) is 5.89. The lowest BCUT2D eigenvalue weighted by molar-refractivity contribution is -0.275. The summed E-state index contributed by atoms with van der Waals surface area (Å²) in [6.07, 6.45) is -1.92. The molecule has 1 saturated carbocycles. The largest absolute Gasteiger partial charge is 0.573 e. The molecule has 0 spiro atoms. The first-order valence-corrected chi connectivity index (χ1v) is 11.8. The number of hydrogen-bond donors (Lipinski definition) is 2. The Morgan fingerprint density at radius 1 is 1.19 bits per heavy atom. The van der Waals surface area contributed by atoms with Crippen molar-refractivity contribution in [2.75, 3.05) is 18.5 Å². The smallest absolute Gasteiger partial charge is 0.444 e. The van der Waals surface area contributed by atoms with Crippen LogP contribution in [0.3, 0.4) is 0 Å². The lowest BCUT2D eigenvalue weighted by Crippen LogP contribution is -2.47. The molecule has 1 aliphatic carbocycles. The molecule has 0 bridgehead atoms. The molecule has 0 aromatic heterocycles. The molecule has 2 atom stereocenters. The number of ether oxygens (including phenoxy) is 4. The lowest BCUT2D eigenvalue weighted by atomic mass is 9.97. The highest BCUT2D eigenvalue weighted by Crippen LogP contribution is 2.50. The number of hydrogen-bond acceptors (Lipinski definition) is 6. The van der Waals surface area contributed by atoms with E-state index in [9.17, 15) is 27.2 Å². The summed E-state index contributed by atoms with van der Waals surface area (Å²) < 4.78 is 72.7. The van der Waals surface area contributed by atoms with Crippen LogP contribution in [0, 0.1) is 11.2 Å². The van der Waals surface area contributed by atoms with Crippen LogP contribution in [0.25, 0.3) is 0 Å². The van der Waals surface area contributed by atoms with Crippen LogP contribution in [0.4, 0.5) is 28.0 Å². The molecular formula is C24H32F4N2O6. The van der Waals surface area contributed by atoms with Gasteiger partial charge in [-0.2, -0.15) is 0 Å². The van der Waals surface area contributed by atoms with Crippen molar-refractivity contribution >= 4 is 17.7 Å². The Morgan fingerprint density at radius 3 is 2.50 bits per heavy atom. The van der Waals surface area contributed by atoms with Crippen LogP contribution < -0.4 is 15.4 Å². The van der Waals surface area contributed by atoms with E-state index in [1.807, 2.05) is 0 Å². The van der Waals surface area contributed by atoms with Crippen LogP contribution >= 0.6 is 0 Å². The van der Waals surface area contributed by atoms with Crippen molar-refractivity contribution in [3.05, 3.63) is 24.0 Å². The van der Waals surface area contributed by atoms with Gasteiger partial charge in [0, 0.05) is 6.61 Å². The van der Waals surface area contributed by atoms with E-state index < -0.39 is 52.7 Å². The van der Waals surface area contributed by atoms with Gasteiger partial charge in [0.05, 0.1) is 12.3 Å². The molecule has 1 aliphatic heterocycles. The van der Waals surface area contributed by atoms with E-state index in [2.05, 4.69) is 15.4 Å². The van der Waals surface area contributed by atoms with Crippen molar-refractivity contribution in [1.29, 1.82) is 0 Å². The highest BCUT2D eigenvalue weighted by Gasteiger charge is 2.47. The molecule has 1 aromatic carbocycles. The monoisotopic (exact) mass is 520 g/mol. The van der Waals surface area contributed by atoms with Gasteiger partial charge in [0.2, 0.25) is 5.91 Å². The summed E-state index contributed by atoms with van der Waals surface area (Å²) in [5, 5.41) is 4.77. The van der Waals surface area contributed by atoms with Crippen molar-refractivity contribution in [2.45, 2.75) is 83.6 Å². The fourth-order valence-electron chi connectivity index (χ4n) is 3.82. The zero-order valence-electron chi connectivity index (χ0n) is 20.5. The van der Waals surface area contributed by atoms with Gasteiger partial charge in [-0.05, 0) is 76.8 Å². The maximum absolute atomic E-state index is 14.6. The Balaban J connectivity index is 1.71. The molecule has 0 radical (unpaired) electrons. The summed E-state index contributed by atoms with van der Waals surface area (Å²) in [7, 11) is 0. The number of anilines is 1. The summed E-state index contributed by atoms with van der Waals surface area (Å²) in [5.74, 6) is -3.29. The lowest BCUT2D eigenvalue weighted by Gasteiger charge is -2.28. The number of carbonyl (C=O) groups excluding carboxylic acids is 2. The van der Waals surface area contributed by atoms with Crippen LogP contribution in [0.2, 0.25) is 0 Å². The van der Waals surface area contributed by atoms with Crippen LogP contribution in [0.15, 0.2) is 18.2 Å². The quantitative estimate of drug-likeness (QED) is 0.431. The van der Waals surface area contributed by atoms with E-state index in [1.165, 1.54) is 0 Å². The van der Waals surface area contributed by atoms with Crippen molar-refractivity contribution in [2.24, 2.45) is 5.41 Å². The van der Waals surface area contributed by atoms with Gasteiger partial charge < -0.3 is 29.6 Å². The molecule has 12 heteroatoms. The van der Waals surface area contributed by atoms with Gasteiger partial charge in [-0.1, -0.05) is 6.07 Å². The predicted molar refractivity (Wildman–Crippen MR) is 121 cm³/mol. The average Bonchev–Trinajstić information content (AvgIpc) is 3.53. The maximum Gasteiger partial charge on any atom is 0.573 e. The summed E-state index contributed by atoms with van der Waals surface area (Å²) in [4.78, 5) is 25.5. The number of carbonyl (C=O) groups is 2. The maximum atomic E-state index is 14.6. The third-order valence-electron chi connectivity index (χ3n) is 5.76. The Morgan fingerprint density at radius 2 is 1.92 bits per heavy atom. The molecule has 36 heavy (non-hydrogen) atoms. The minimum Gasteiger partial charge on any atom is -0.444 e. The predicted octanol–water partition coefficient (Wildman–Crippen LogP) is 5.27. The van der Waals surface area contributed by atoms with Gasteiger partial charge in [0.25, 0.3) is 0 Å². The number of amides is 2. The Hall–Kier alpha value is -2.60. The highest BCUT2D eigenvalue weighted by molar-refractivity contribution is 5.97. The zero-order chi connectivity index (χ0) is 26.6. The molecular weight excluding hydrogens is 488 g/mol. The molecule has 202 valence electrons. The van der Waals surface area contributed by atoms with E-state index in [1.54, 1.807) is 20.8 Å². The van der Waals surface area contributed by atoms with Gasteiger partial charge in [-0.25, -0.2) is 9.18 Å². The molecule has 2 amide bonds. The van der Waals surface area contributed by atoms with Crippen molar-refractivity contribution in [3.63, 3.8) is 0 Å². The molecule has 3 rings (SSSR count). The third kappa shape index (κ3) is 8.81. The van der Waals surface area contributed by atoms with Gasteiger partial charge in [0.1, 0.15) is 11.6 Å².